The summed E-state index contributed by atoms with van der Waals surface area (Å²) < 4.78 is 88.4. The van der Waals surface area contributed by atoms with Crippen LogP contribution < -0.4 is 26.2 Å². The molecule has 0 saturated carbocycles. The zero-order valence-electron chi connectivity index (χ0n) is 48.5. The van der Waals surface area contributed by atoms with Crippen molar-refractivity contribution in [2.75, 3.05) is 9.80 Å². The summed E-state index contributed by atoms with van der Waals surface area (Å²) in [6, 6.07) is 58.3. The average Bonchev–Trinajstić information content (AvgIpc) is 1.36. The third-order valence-electron chi connectivity index (χ3n) is 16.8. The van der Waals surface area contributed by atoms with Crippen LogP contribution in [-0.4, -0.2) is 11.3 Å². The Morgan fingerprint density at radius 3 is 1.28 bits per heavy atom. The first-order valence-electron chi connectivity index (χ1n) is 28.2. The van der Waals surface area contributed by atoms with Crippen LogP contribution in [0, 0.1) is 0 Å². The smallest absolute Gasteiger partial charge is 0.311 e. The van der Waals surface area contributed by atoms with Crippen LogP contribution in [0.25, 0.3) is 49.7 Å². The molecule has 0 radical (unpaired) electrons. The predicted octanol–water partition coefficient (Wildman–Crippen LogP) is 19.4. The predicted molar refractivity (Wildman–Crippen MR) is 330 cm³/mol. The molecule has 0 aliphatic carbocycles. The fourth-order valence-electron chi connectivity index (χ4n) is 12.2. The zero-order chi connectivity index (χ0) is 58.4. The molecule has 2 aliphatic heterocycles. The van der Waals surface area contributed by atoms with Gasteiger partial charge in [0.2, 0.25) is 0 Å². The number of halogens is 6. The zero-order valence-corrected chi connectivity index (χ0v) is 48.5. The molecule has 0 bridgehead atoms. The maximum absolute atomic E-state index is 14.6. The van der Waals surface area contributed by atoms with Crippen molar-refractivity contribution in [1.29, 1.82) is 0 Å². The van der Waals surface area contributed by atoms with Crippen molar-refractivity contribution >= 4 is 79.0 Å². The highest BCUT2D eigenvalue weighted by molar-refractivity contribution is 7.00. The molecule has 82 heavy (non-hydrogen) atoms. The largest absolute Gasteiger partial charge is 0.416 e. The van der Waals surface area contributed by atoms with E-state index < -0.39 is 23.5 Å². The highest BCUT2D eigenvalue weighted by Gasteiger charge is 2.44. The van der Waals surface area contributed by atoms with Gasteiger partial charge in [-0.05, 0) is 174 Å². The summed E-state index contributed by atoms with van der Waals surface area (Å²) in [5, 5.41) is 1.67. The van der Waals surface area contributed by atoms with Crippen LogP contribution in [0.2, 0.25) is 0 Å². The summed E-state index contributed by atoms with van der Waals surface area (Å²) in [5.74, 6) is 0. The summed E-state index contributed by atoms with van der Waals surface area (Å²) in [6.07, 6.45) is -9.46. The van der Waals surface area contributed by atoms with Gasteiger partial charge >= 0.3 is 12.4 Å². The number of fused-ring (bicyclic) bond motifs is 7. The first kappa shape index (κ1) is 54.6. The van der Waals surface area contributed by atoms with Crippen molar-refractivity contribution in [1.82, 2.24) is 4.57 Å². The summed E-state index contributed by atoms with van der Waals surface area (Å²) in [5.41, 5.74) is 15.9. The fourth-order valence-corrected chi connectivity index (χ4v) is 12.2. The van der Waals surface area contributed by atoms with Gasteiger partial charge in [0.1, 0.15) is 0 Å². The topological polar surface area (TPSA) is 11.4 Å². The Labute approximate surface area is 478 Å². The molecule has 10 heteroatoms. The summed E-state index contributed by atoms with van der Waals surface area (Å²) in [7, 11) is 0. The van der Waals surface area contributed by atoms with E-state index in [4.69, 9.17) is 0 Å². The SMILES string of the molecule is CC(C)(C)c1cc(N2c3ccccc3B3c4ccccc4N(c4cc(C(C)(C)C)cc(C(C)(C)C)c4)c4cc(-c5ccc6c(c5)c5ccccc5n6-c5ccc(C(F)(F)F)cc5-c5cccc(C(F)(F)F)c5)cc2c43)cc(C(C)(C)C)c1. The Hall–Kier alpha value is -7.98. The first-order chi connectivity index (χ1) is 38.4. The maximum atomic E-state index is 14.6. The first-order valence-corrected chi connectivity index (χ1v) is 28.2. The number of anilines is 6. The van der Waals surface area contributed by atoms with E-state index in [1.807, 2.05) is 34.9 Å². The molecule has 1 aromatic heterocycles. The van der Waals surface area contributed by atoms with E-state index in [0.29, 0.717) is 16.7 Å². The van der Waals surface area contributed by atoms with Crippen molar-refractivity contribution in [3.63, 3.8) is 0 Å². The number of hydrogen-bond donors (Lipinski definition) is 0. The number of alkyl halides is 6. The van der Waals surface area contributed by atoms with Crippen LogP contribution in [0.15, 0.2) is 182 Å². The van der Waals surface area contributed by atoms with Crippen LogP contribution in [0.3, 0.4) is 0 Å². The number of rotatable bonds is 5. The molecule has 3 nitrogen and oxygen atoms in total. The molecule has 12 rings (SSSR count). The Morgan fingerprint density at radius 1 is 0.317 bits per heavy atom. The Morgan fingerprint density at radius 2 is 0.780 bits per heavy atom. The van der Waals surface area contributed by atoms with Crippen molar-refractivity contribution in [3.8, 4) is 27.9 Å². The van der Waals surface area contributed by atoms with Crippen molar-refractivity contribution in [2.45, 2.75) is 117 Å². The van der Waals surface area contributed by atoms with Gasteiger partial charge in [0.15, 0.2) is 0 Å². The van der Waals surface area contributed by atoms with Gasteiger partial charge in [0, 0.05) is 50.5 Å². The van der Waals surface area contributed by atoms with E-state index in [1.165, 1.54) is 56.8 Å². The molecule has 0 spiro atoms. The summed E-state index contributed by atoms with van der Waals surface area (Å²) in [4.78, 5) is 4.95. The van der Waals surface area contributed by atoms with E-state index in [0.717, 1.165) is 80.3 Å². The lowest BCUT2D eigenvalue weighted by Gasteiger charge is -2.45. The van der Waals surface area contributed by atoms with Gasteiger partial charge in [0.05, 0.1) is 27.8 Å². The summed E-state index contributed by atoms with van der Waals surface area (Å²) in [6.45, 7) is 27.1. The molecule has 414 valence electrons. The molecule has 0 fully saturated rings. The van der Waals surface area contributed by atoms with Crippen LogP contribution in [0.4, 0.5) is 60.5 Å². The lowest BCUT2D eigenvalue weighted by molar-refractivity contribution is -0.138. The van der Waals surface area contributed by atoms with Gasteiger partial charge in [-0.2, -0.15) is 26.3 Å². The molecule has 2 aliphatic rings. The van der Waals surface area contributed by atoms with Crippen molar-refractivity contribution in [2.24, 2.45) is 0 Å². The number of para-hydroxylation sites is 3. The van der Waals surface area contributed by atoms with E-state index in [2.05, 4.69) is 202 Å². The van der Waals surface area contributed by atoms with Gasteiger partial charge in [-0.1, -0.05) is 168 Å². The highest BCUT2D eigenvalue weighted by Crippen LogP contribution is 2.50. The molecule has 3 heterocycles. The minimum absolute atomic E-state index is 0.0161. The van der Waals surface area contributed by atoms with Crippen LogP contribution >= 0.6 is 0 Å². The van der Waals surface area contributed by atoms with E-state index in [1.54, 1.807) is 0 Å². The fraction of sp³-hybridized carbons (Fsp3) is 0.250. The third-order valence-corrected chi connectivity index (χ3v) is 16.8. The lowest BCUT2D eigenvalue weighted by Crippen LogP contribution is -2.61. The third kappa shape index (κ3) is 9.36. The maximum Gasteiger partial charge on any atom is 0.416 e. The Balaban J connectivity index is 1.17. The van der Waals surface area contributed by atoms with Crippen LogP contribution in [-0.2, 0) is 34.0 Å². The number of benzene rings is 9. The number of aromatic nitrogens is 1. The standard InChI is InChI=1S/C72H66BF6N3/c1-67(2,3)48-36-49(68(4,5)6)39-52(38-48)80-62-26-17-14-23-57(62)73-58-24-15-18-27-63(58)81(53-40-50(69(7,8)9)37-51(41-53)70(10,11)12)65-35-45(34-64(80)66(65)73)43-28-30-61-56(33-43)54-22-13-16-25-59(54)82(61)60-31-29-47(72(77,78)79)42-55(60)44-20-19-21-46(32-44)71(74,75)76/h13-42H,1-12H3. The van der Waals surface area contributed by atoms with Gasteiger partial charge in [-0.3, -0.25) is 0 Å². The molecule has 9 aromatic carbocycles. The molecule has 0 amide bonds. The second-order valence-electron chi connectivity index (χ2n) is 26.6. The number of hydrogen-bond acceptors (Lipinski definition) is 2. The second kappa shape index (κ2) is 18.8. The van der Waals surface area contributed by atoms with Crippen molar-refractivity contribution in [3.05, 3.63) is 215 Å². The molecular formula is C72H66BF6N3. The molecular weight excluding hydrogens is 1030 g/mol. The van der Waals surface area contributed by atoms with Crippen molar-refractivity contribution < 1.29 is 26.3 Å². The quantitative estimate of drug-likeness (QED) is 0.126. The minimum atomic E-state index is -4.75. The van der Waals surface area contributed by atoms with Gasteiger partial charge in [0.25, 0.3) is 6.71 Å². The van der Waals surface area contributed by atoms with Gasteiger partial charge in [-0.15, -0.1) is 0 Å². The average molecular weight is 1100 g/mol. The molecule has 0 saturated heterocycles. The van der Waals surface area contributed by atoms with Crippen LogP contribution in [0.5, 0.6) is 0 Å². The molecule has 0 unspecified atom stereocenters. The minimum Gasteiger partial charge on any atom is -0.311 e. The van der Waals surface area contributed by atoms with Crippen LogP contribution in [0.1, 0.15) is 116 Å². The highest BCUT2D eigenvalue weighted by atomic mass is 19.4. The Bertz CT molecular complexity index is 4000. The lowest BCUT2D eigenvalue weighted by atomic mass is 9.33. The number of nitrogens with zero attached hydrogens (tertiary/aromatic N) is 3. The molecule has 0 N–H and O–H groups in total. The summed E-state index contributed by atoms with van der Waals surface area (Å²) >= 11 is 0. The van der Waals surface area contributed by atoms with Gasteiger partial charge in [-0.25, -0.2) is 0 Å². The molecule has 10 aromatic rings. The van der Waals surface area contributed by atoms with E-state index in [9.17, 15) is 26.3 Å². The second-order valence-corrected chi connectivity index (χ2v) is 26.6. The normalized spacial score (nSPS) is 13.9. The van der Waals surface area contributed by atoms with E-state index >= 15 is 0 Å². The van der Waals surface area contributed by atoms with Gasteiger partial charge < -0.3 is 14.4 Å². The monoisotopic (exact) mass is 1100 g/mol. The van der Waals surface area contributed by atoms with E-state index in [-0.39, 0.29) is 39.5 Å². The molecule has 0 atom stereocenters. The Kier molecular flexibility index (Phi) is 12.5.